The molecule has 1 N–H and O–H groups in total. The molecule has 0 aliphatic carbocycles. The molecule has 0 fully saturated rings. The Bertz CT molecular complexity index is 324. The molecule has 0 atom stereocenters. The van der Waals surface area contributed by atoms with Gasteiger partial charge in [-0.2, -0.15) is 0 Å². The molecule has 5 heteroatoms. The minimum absolute atomic E-state index is 0.0414. The first-order chi connectivity index (χ1) is 7.08. The Kier molecular flexibility index (Phi) is 4.49. The van der Waals surface area contributed by atoms with Crippen LogP contribution in [0.4, 0.5) is 5.82 Å². The van der Waals surface area contributed by atoms with Crippen LogP contribution in [0.25, 0.3) is 0 Å². The third-order valence-corrected chi connectivity index (χ3v) is 2.03. The predicted molar refractivity (Wildman–Crippen MR) is 59.7 cm³/mol. The highest BCUT2D eigenvalue weighted by atomic mass is 35.5. The van der Waals surface area contributed by atoms with E-state index in [1.807, 2.05) is 0 Å². The molecule has 0 aromatic carbocycles. The van der Waals surface area contributed by atoms with Crippen molar-refractivity contribution in [3.63, 3.8) is 0 Å². The highest BCUT2D eigenvalue weighted by Crippen LogP contribution is 2.08. The summed E-state index contributed by atoms with van der Waals surface area (Å²) in [4.78, 5) is 19.1. The molecule has 1 aromatic rings. The van der Waals surface area contributed by atoms with Gasteiger partial charge < -0.3 is 5.32 Å². The number of rotatable bonds is 4. The zero-order valence-corrected chi connectivity index (χ0v) is 9.58. The van der Waals surface area contributed by atoms with Crippen molar-refractivity contribution in [2.75, 3.05) is 5.32 Å². The van der Waals surface area contributed by atoms with Gasteiger partial charge in [-0.05, 0) is 12.3 Å². The highest BCUT2D eigenvalue weighted by Gasteiger charge is 2.04. The van der Waals surface area contributed by atoms with Crippen molar-refractivity contribution in [1.29, 1.82) is 0 Å². The van der Waals surface area contributed by atoms with Crippen LogP contribution in [0.15, 0.2) is 12.4 Å². The smallest absolute Gasteiger partial charge is 0.225 e. The van der Waals surface area contributed by atoms with E-state index in [9.17, 15) is 4.79 Å². The Labute approximate surface area is 94.1 Å². The number of nitrogens with one attached hydrogen (secondary N) is 1. The summed E-state index contributed by atoms with van der Waals surface area (Å²) in [5, 5.41) is 2.97. The van der Waals surface area contributed by atoms with E-state index in [-0.39, 0.29) is 5.91 Å². The Morgan fingerprint density at radius 1 is 1.47 bits per heavy atom. The van der Waals surface area contributed by atoms with Gasteiger partial charge in [-0.15, -0.1) is 0 Å². The first kappa shape index (κ1) is 11.9. The standard InChI is InChI=1S/C10H14ClN3O/c1-7(2)3-4-10(15)14-9-6-12-8(11)5-13-9/h5-7H,3-4H2,1-2H3,(H,13,14,15). The number of aromatic nitrogens is 2. The van der Waals surface area contributed by atoms with E-state index in [0.717, 1.165) is 6.42 Å². The van der Waals surface area contributed by atoms with E-state index in [1.54, 1.807) is 0 Å². The Morgan fingerprint density at radius 2 is 2.20 bits per heavy atom. The number of hydrogen-bond donors (Lipinski definition) is 1. The summed E-state index contributed by atoms with van der Waals surface area (Å²) in [6.45, 7) is 4.16. The van der Waals surface area contributed by atoms with Crippen LogP contribution < -0.4 is 5.32 Å². The number of anilines is 1. The monoisotopic (exact) mass is 227 g/mol. The maximum Gasteiger partial charge on any atom is 0.225 e. The van der Waals surface area contributed by atoms with Crippen LogP contribution in [0, 0.1) is 5.92 Å². The van der Waals surface area contributed by atoms with Gasteiger partial charge in [0, 0.05) is 6.42 Å². The fourth-order valence-corrected chi connectivity index (χ4v) is 1.10. The van der Waals surface area contributed by atoms with E-state index in [4.69, 9.17) is 11.6 Å². The SMILES string of the molecule is CC(C)CCC(=O)Nc1cnc(Cl)cn1. The normalized spacial score (nSPS) is 10.4. The molecular weight excluding hydrogens is 214 g/mol. The maximum atomic E-state index is 11.4. The number of halogens is 1. The molecule has 4 nitrogen and oxygen atoms in total. The molecule has 0 unspecified atom stereocenters. The summed E-state index contributed by atoms with van der Waals surface area (Å²) in [5.41, 5.74) is 0. The summed E-state index contributed by atoms with van der Waals surface area (Å²) in [6.07, 6.45) is 4.21. The van der Waals surface area contributed by atoms with E-state index < -0.39 is 0 Å². The van der Waals surface area contributed by atoms with Gasteiger partial charge in [0.05, 0.1) is 12.4 Å². The van der Waals surface area contributed by atoms with Gasteiger partial charge in [-0.25, -0.2) is 9.97 Å². The second-order valence-electron chi connectivity index (χ2n) is 3.71. The molecule has 0 spiro atoms. The quantitative estimate of drug-likeness (QED) is 0.860. The topological polar surface area (TPSA) is 54.9 Å². The lowest BCUT2D eigenvalue weighted by atomic mass is 10.1. The van der Waals surface area contributed by atoms with E-state index in [1.165, 1.54) is 12.4 Å². The van der Waals surface area contributed by atoms with E-state index in [2.05, 4.69) is 29.1 Å². The molecular formula is C10H14ClN3O. The van der Waals surface area contributed by atoms with Gasteiger partial charge in [-0.3, -0.25) is 4.79 Å². The maximum absolute atomic E-state index is 11.4. The average Bonchev–Trinajstić information content (AvgIpc) is 2.19. The number of amides is 1. The summed E-state index contributed by atoms with van der Waals surface area (Å²) in [6, 6.07) is 0. The van der Waals surface area contributed by atoms with Crippen molar-refractivity contribution in [2.45, 2.75) is 26.7 Å². The lowest BCUT2D eigenvalue weighted by Gasteiger charge is -2.05. The van der Waals surface area contributed by atoms with Crippen molar-refractivity contribution in [3.8, 4) is 0 Å². The number of nitrogens with zero attached hydrogens (tertiary/aromatic N) is 2. The van der Waals surface area contributed by atoms with Crippen LogP contribution in [-0.4, -0.2) is 15.9 Å². The molecule has 1 aromatic heterocycles. The predicted octanol–water partition coefficient (Wildman–Crippen LogP) is 2.50. The molecule has 1 rings (SSSR count). The third kappa shape index (κ3) is 4.74. The van der Waals surface area contributed by atoms with Crippen LogP contribution in [-0.2, 0) is 4.79 Å². The first-order valence-corrected chi connectivity index (χ1v) is 5.23. The lowest BCUT2D eigenvalue weighted by molar-refractivity contribution is -0.116. The van der Waals surface area contributed by atoms with Crippen LogP contribution in [0.3, 0.4) is 0 Å². The number of carbonyl (C=O) groups excluding carboxylic acids is 1. The average molecular weight is 228 g/mol. The van der Waals surface area contributed by atoms with Crippen LogP contribution in [0.2, 0.25) is 5.15 Å². The van der Waals surface area contributed by atoms with Crippen molar-refractivity contribution in [1.82, 2.24) is 9.97 Å². The molecule has 82 valence electrons. The fourth-order valence-electron chi connectivity index (χ4n) is 1.00. The van der Waals surface area contributed by atoms with Crippen LogP contribution in [0.5, 0.6) is 0 Å². The Morgan fingerprint density at radius 3 is 2.73 bits per heavy atom. The minimum Gasteiger partial charge on any atom is -0.309 e. The highest BCUT2D eigenvalue weighted by molar-refractivity contribution is 6.29. The van der Waals surface area contributed by atoms with Gasteiger partial charge in [-0.1, -0.05) is 25.4 Å². The molecule has 1 amide bonds. The van der Waals surface area contributed by atoms with Gasteiger partial charge >= 0.3 is 0 Å². The summed E-state index contributed by atoms with van der Waals surface area (Å²) in [5.74, 6) is 0.917. The third-order valence-electron chi connectivity index (χ3n) is 1.84. The Hall–Kier alpha value is -1.16. The molecule has 0 saturated carbocycles. The zero-order valence-electron chi connectivity index (χ0n) is 8.83. The fraction of sp³-hybridized carbons (Fsp3) is 0.500. The Balaban J connectivity index is 2.41. The number of hydrogen-bond acceptors (Lipinski definition) is 3. The summed E-state index contributed by atoms with van der Waals surface area (Å²) < 4.78 is 0. The largest absolute Gasteiger partial charge is 0.309 e. The zero-order chi connectivity index (χ0) is 11.3. The number of carbonyl (C=O) groups is 1. The summed E-state index contributed by atoms with van der Waals surface area (Å²) in [7, 11) is 0. The van der Waals surface area contributed by atoms with Gasteiger partial charge in [0.25, 0.3) is 0 Å². The van der Waals surface area contributed by atoms with Crippen LogP contribution in [0.1, 0.15) is 26.7 Å². The molecule has 0 radical (unpaired) electrons. The van der Waals surface area contributed by atoms with Crippen molar-refractivity contribution in [2.24, 2.45) is 5.92 Å². The van der Waals surface area contributed by atoms with Gasteiger partial charge in [0.1, 0.15) is 5.15 Å². The lowest BCUT2D eigenvalue weighted by Crippen LogP contribution is -2.13. The minimum atomic E-state index is -0.0414. The van der Waals surface area contributed by atoms with Crippen molar-refractivity contribution in [3.05, 3.63) is 17.5 Å². The van der Waals surface area contributed by atoms with E-state index >= 15 is 0 Å². The molecule has 15 heavy (non-hydrogen) atoms. The van der Waals surface area contributed by atoms with Gasteiger partial charge in [0.15, 0.2) is 5.82 Å². The van der Waals surface area contributed by atoms with Crippen LogP contribution >= 0.6 is 11.6 Å². The van der Waals surface area contributed by atoms with Crippen molar-refractivity contribution < 1.29 is 4.79 Å². The molecule has 0 saturated heterocycles. The van der Waals surface area contributed by atoms with E-state index in [0.29, 0.717) is 23.3 Å². The molecule has 0 aliphatic heterocycles. The van der Waals surface area contributed by atoms with Crippen molar-refractivity contribution >= 4 is 23.3 Å². The first-order valence-electron chi connectivity index (χ1n) is 4.85. The molecule has 0 bridgehead atoms. The summed E-state index contributed by atoms with van der Waals surface area (Å²) >= 11 is 5.56. The molecule has 0 aliphatic rings. The second-order valence-corrected chi connectivity index (χ2v) is 4.09. The van der Waals surface area contributed by atoms with Gasteiger partial charge in [0.2, 0.25) is 5.91 Å². The second kappa shape index (κ2) is 5.66. The molecule has 1 heterocycles.